The molecule has 0 aliphatic carbocycles. The second-order valence-electron chi connectivity index (χ2n) is 5.74. The summed E-state index contributed by atoms with van der Waals surface area (Å²) < 4.78 is 13.0. The van der Waals surface area contributed by atoms with Gasteiger partial charge in [-0.1, -0.05) is 29.8 Å². The van der Waals surface area contributed by atoms with E-state index < -0.39 is 23.7 Å². The van der Waals surface area contributed by atoms with E-state index >= 15 is 0 Å². The lowest BCUT2D eigenvalue weighted by atomic mass is 10.0. The number of carboxylic acids is 1. The first-order valence-electron chi connectivity index (χ1n) is 7.89. The number of carboxylic acid groups (broad SMARTS) is 1. The Balaban J connectivity index is 1.96. The number of carbonyl (C=O) groups excluding carboxylic acids is 1. The first-order chi connectivity index (χ1) is 12.8. The van der Waals surface area contributed by atoms with Gasteiger partial charge in [0, 0.05) is 10.6 Å². The molecule has 0 saturated heterocycles. The molecular weight excluding hydrogens is 375 g/mol. The average Bonchev–Trinajstić information content (AvgIpc) is 2.61. The van der Waals surface area contributed by atoms with Gasteiger partial charge in [-0.15, -0.1) is 0 Å². The third kappa shape index (κ3) is 6.05. The summed E-state index contributed by atoms with van der Waals surface area (Å²) in [4.78, 5) is 26.9. The van der Waals surface area contributed by atoms with Crippen molar-refractivity contribution in [3.8, 4) is 0 Å². The highest BCUT2D eigenvalue weighted by Crippen LogP contribution is 2.17. The Morgan fingerprint density at radius 2 is 1.89 bits per heavy atom. The molecule has 1 unspecified atom stereocenters. The van der Waals surface area contributed by atoms with E-state index in [1.54, 1.807) is 12.1 Å². The monoisotopic (exact) mass is 392 g/mol. The predicted octanol–water partition coefficient (Wildman–Crippen LogP) is 1.68. The van der Waals surface area contributed by atoms with E-state index in [-0.39, 0.29) is 23.9 Å². The van der Waals surface area contributed by atoms with Crippen LogP contribution >= 0.6 is 11.6 Å². The Bertz CT molecular complexity index is 871. The van der Waals surface area contributed by atoms with E-state index in [2.05, 4.69) is 10.3 Å². The van der Waals surface area contributed by atoms with Gasteiger partial charge in [-0.05, 0) is 41.8 Å². The van der Waals surface area contributed by atoms with Crippen LogP contribution < -0.4 is 16.8 Å². The van der Waals surface area contributed by atoms with Gasteiger partial charge in [0.25, 0.3) is 5.91 Å². The van der Waals surface area contributed by atoms with Crippen molar-refractivity contribution in [2.75, 3.05) is 0 Å². The number of benzene rings is 2. The lowest BCUT2D eigenvalue weighted by molar-refractivity contribution is -0.138. The molecule has 0 spiro atoms. The number of nitrogens with two attached hydrogens (primary N) is 2. The van der Waals surface area contributed by atoms with Crippen LogP contribution in [0.3, 0.4) is 0 Å². The zero-order chi connectivity index (χ0) is 20.0. The lowest BCUT2D eigenvalue weighted by Gasteiger charge is -2.08. The van der Waals surface area contributed by atoms with Crippen LogP contribution in [0.15, 0.2) is 47.5 Å². The van der Waals surface area contributed by atoms with Gasteiger partial charge in [0.2, 0.25) is 0 Å². The van der Waals surface area contributed by atoms with Crippen LogP contribution in [0.4, 0.5) is 4.39 Å². The molecule has 27 heavy (non-hydrogen) atoms. The van der Waals surface area contributed by atoms with E-state index in [0.29, 0.717) is 16.7 Å². The zero-order valence-corrected chi connectivity index (χ0v) is 14.9. The SMILES string of the molecule is NC(=NCc1ccc(F)cc1Cl)NC(=O)c1ccc(CC(N)C(=O)O)cc1. The van der Waals surface area contributed by atoms with Gasteiger partial charge in [-0.25, -0.2) is 9.38 Å². The second kappa shape index (κ2) is 9.11. The normalized spacial score (nSPS) is 12.5. The van der Waals surface area contributed by atoms with E-state index in [4.69, 9.17) is 28.2 Å². The van der Waals surface area contributed by atoms with Gasteiger partial charge >= 0.3 is 5.97 Å². The number of rotatable bonds is 6. The molecule has 1 atom stereocenters. The number of nitrogens with one attached hydrogen (secondary N) is 1. The average molecular weight is 393 g/mol. The van der Waals surface area contributed by atoms with Crippen LogP contribution in [0.1, 0.15) is 21.5 Å². The highest BCUT2D eigenvalue weighted by atomic mass is 35.5. The Morgan fingerprint density at radius 1 is 1.22 bits per heavy atom. The summed E-state index contributed by atoms with van der Waals surface area (Å²) in [7, 11) is 0. The Kier molecular flexibility index (Phi) is 6.86. The highest BCUT2D eigenvalue weighted by molar-refractivity contribution is 6.31. The number of nitrogens with zero attached hydrogens (tertiary/aromatic N) is 1. The number of aliphatic imine (C=N–C) groups is 1. The number of halogens is 2. The number of amides is 1. The molecule has 7 nitrogen and oxygen atoms in total. The summed E-state index contributed by atoms with van der Waals surface area (Å²) in [5.41, 5.74) is 12.7. The molecule has 9 heteroatoms. The van der Waals surface area contributed by atoms with Crippen molar-refractivity contribution in [1.82, 2.24) is 5.32 Å². The summed E-state index contributed by atoms with van der Waals surface area (Å²) in [6.07, 6.45) is 0.152. The molecule has 1 amide bonds. The maximum absolute atomic E-state index is 13.0. The van der Waals surface area contributed by atoms with Crippen molar-refractivity contribution in [3.05, 3.63) is 70.0 Å². The topological polar surface area (TPSA) is 131 Å². The molecule has 0 aliphatic rings. The fourth-order valence-electron chi connectivity index (χ4n) is 2.18. The minimum absolute atomic E-state index is 0.0806. The number of guanidine groups is 1. The fourth-order valence-corrected chi connectivity index (χ4v) is 2.41. The lowest BCUT2D eigenvalue weighted by Crippen LogP contribution is -2.36. The smallest absolute Gasteiger partial charge is 0.320 e. The first-order valence-corrected chi connectivity index (χ1v) is 8.26. The molecule has 2 aromatic rings. The second-order valence-corrected chi connectivity index (χ2v) is 6.14. The van der Waals surface area contributed by atoms with Crippen molar-refractivity contribution < 1.29 is 19.1 Å². The summed E-state index contributed by atoms with van der Waals surface area (Å²) in [6.45, 7) is 0.0806. The number of carbonyl (C=O) groups is 2. The largest absolute Gasteiger partial charge is 0.480 e. The molecule has 0 aliphatic heterocycles. The van der Waals surface area contributed by atoms with Crippen LogP contribution in [0, 0.1) is 5.82 Å². The van der Waals surface area contributed by atoms with Crippen LogP contribution in [0.25, 0.3) is 0 Å². The fraction of sp³-hybridized carbons (Fsp3) is 0.167. The molecular formula is C18H18ClFN4O3. The van der Waals surface area contributed by atoms with Crippen molar-refractivity contribution in [2.24, 2.45) is 16.5 Å². The van der Waals surface area contributed by atoms with Gasteiger partial charge in [0.1, 0.15) is 11.9 Å². The van der Waals surface area contributed by atoms with Crippen molar-refractivity contribution in [2.45, 2.75) is 19.0 Å². The maximum atomic E-state index is 13.0. The van der Waals surface area contributed by atoms with E-state index in [0.717, 1.165) is 0 Å². The van der Waals surface area contributed by atoms with Crippen LogP contribution in [0.5, 0.6) is 0 Å². The first kappa shape index (κ1) is 20.3. The molecule has 2 aromatic carbocycles. The van der Waals surface area contributed by atoms with Gasteiger partial charge in [0.15, 0.2) is 5.96 Å². The summed E-state index contributed by atoms with van der Waals surface area (Å²) in [6, 6.07) is 9.18. The minimum atomic E-state index is -1.10. The van der Waals surface area contributed by atoms with Crippen LogP contribution in [-0.2, 0) is 17.8 Å². The number of hydrogen-bond donors (Lipinski definition) is 4. The zero-order valence-electron chi connectivity index (χ0n) is 14.2. The number of aliphatic carboxylic acids is 1. The van der Waals surface area contributed by atoms with Crippen molar-refractivity contribution in [3.63, 3.8) is 0 Å². The summed E-state index contributed by atoms with van der Waals surface area (Å²) in [5, 5.41) is 11.5. The molecule has 6 N–H and O–H groups in total. The highest BCUT2D eigenvalue weighted by Gasteiger charge is 2.13. The molecule has 0 aromatic heterocycles. The predicted molar refractivity (Wildman–Crippen MR) is 100.0 cm³/mol. The molecule has 0 bridgehead atoms. The van der Waals surface area contributed by atoms with E-state index in [1.807, 2.05) is 0 Å². The van der Waals surface area contributed by atoms with Crippen LogP contribution in [-0.4, -0.2) is 29.0 Å². The van der Waals surface area contributed by atoms with E-state index in [1.165, 1.54) is 30.3 Å². The summed E-state index contributed by atoms with van der Waals surface area (Å²) in [5.74, 6) is -2.14. The Labute approximate surface area is 159 Å². The molecule has 0 saturated carbocycles. The van der Waals surface area contributed by atoms with Gasteiger partial charge in [-0.2, -0.15) is 0 Å². The third-order valence-electron chi connectivity index (χ3n) is 3.67. The maximum Gasteiger partial charge on any atom is 0.320 e. The van der Waals surface area contributed by atoms with Crippen LogP contribution in [0.2, 0.25) is 5.02 Å². The Hall–Kier alpha value is -2.97. The van der Waals surface area contributed by atoms with E-state index in [9.17, 15) is 14.0 Å². The molecule has 142 valence electrons. The summed E-state index contributed by atoms with van der Waals surface area (Å²) >= 11 is 5.90. The van der Waals surface area contributed by atoms with Crippen molar-refractivity contribution in [1.29, 1.82) is 0 Å². The molecule has 0 fully saturated rings. The van der Waals surface area contributed by atoms with Gasteiger partial charge in [0.05, 0.1) is 6.54 Å². The van der Waals surface area contributed by atoms with Gasteiger partial charge < -0.3 is 16.6 Å². The molecule has 0 heterocycles. The van der Waals surface area contributed by atoms with Crippen molar-refractivity contribution >= 4 is 29.4 Å². The minimum Gasteiger partial charge on any atom is -0.480 e. The van der Waals surface area contributed by atoms with Gasteiger partial charge in [-0.3, -0.25) is 14.9 Å². The Morgan fingerprint density at radius 3 is 2.48 bits per heavy atom. The quantitative estimate of drug-likeness (QED) is 0.438. The number of hydrogen-bond acceptors (Lipinski definition) is 4. The molecule has 0 radical (unpaired) electrons. The molecule has 2 rings (SSSR count). The standard InChI is InChI=1S/C18H18ClFN4O3/c19-14-8-13(20)6-5-12(14)9-23-18(22)24-16(25)11-3-1-10(2-4-11)7-15(21)17(26)27/h1-6,8,15H,7,9,21H2,(H,26,27)(H3,22,23,24,25). The third-order valence-corrected chi connectivity index (χ3v) is 4.02.